The van der Waals surface area contributed by atoms with Gasteiger partial charge in [-0.25, -0.2) is 4.98 Å². The number of benzene rings is 1. The number of carbonyl (C=O) groups is 1. The van der Waals surface area contributed by atoms with Gasteiger partial charge in [-0.2, -0.15) is 0 Å². The molecular formula is C24H31BrN4O4. The lowest BCUT2D eigenvalue weighted by Crippen LogP contribution is -3.00. The highest BCUT2D eigenvalue weighted by Gasteiger charge is 2.44. The molecule has 2 heterocycles. The predicted molar refractivity (Wildman–Crippen MR) is 118 cm³/mol. The fraction of sp³-hybridized carbons (Fsp3) is 0.458. The SMILES string of the molecule is C[N+](C)(CC(=O)Nc1ccon1)Cc1cnc([C@](O)(c2ccccc2)C2CCCCC2)o1.[Br-]. The van der Waals surface area contributed by atoms with Crippen molar-refractivity contribution in [1.82, 2.24) is 10.1 Å². The van der Waals surface area contributed by atoms with Gasteiger partial charge in [-0.3, -0.25) is 4.79 Å². The van der Waals surface area contributed by atoms with Crippen LogP contribution in [0.15, 0.2) is 57.8 Å². The quantitative estimate of drug-likeness (QED) is 0.425. The van der Waals surface area contributed by atoms with Crippen LogP contribution in [0.4, 0.5) is 5.82 Å². The molecule has 0 unspecified atom stereocenters. The molecule has 0 aliphatic heterocycles. The first-order valence-electron chi connectivity index (χ1n) is 11.1. The molecule has 0 bridgehead atoms. The third-order valence-electron chi connectivity index (χ3n) is 6.15. The lowest BCUT2D eigenvalue weighted by atomic mass is 9.73. The zero-order valence-corrected chi connectivity index (χ0v) is 20.6. The Morgan fingerprint density at radius 1 is 1.18 bits per heavy atom. The Bertz CT molecular complexity index is 1020. The van der Waals surface area contributed by atoms with Gasteiger partial charge >= 0.3 is 0 Å². The summed E-state index contributed by atoms with van der Waals surface area (Å²) < 4.78 is 11.2. The van der Waals surface area contributed by atoms with E-state index in [1.165, 1.54) is 12.7 Å². The first-order valence-corrected chi connectivity index (χ1v) is 11.1. The molecule has 178 valence electrons. The largest absolute Gasteiger partial charge is 1.00 e. The highest BCUT2D eigenvalue weighted by molar-refractivity contribution is 5.90. The molecule has 1 aliphatic carbocycles. The second kappa shape index (κ2) is 10.6. The predicted octanol–water partition coefficient (Wildman–Crippen LogP) is 0.698. The van der Waals surface area contributed by atoms with Crippen LogP contribution in [0.1, 0.15) is 49.3 Å². The molecule has 9 heteroatoms. The number of quaternary nitrogens is 1. The van der Waals surface area contributed by atoms with Crippen molar-refractivity contribution in [1.29, 1.82) is 0 Å². The summed E-state index contributed by atoms with van der Waals surface area (Å²) in [6.07, 6.45) is 8.34. The van der Waals surface area contributed by atoms with Crippen molar-refractivity contribution in [2.45, 2.75) is 44.2 Å². The maximum absolute atomic E-state index is 12.4. The van der Waals surface area contributed by atoms with Crippen molar-refractivity contribution >= 4 is 11.7 Å². The number of hydrogen-bond acceptors (Lipinski definition) is 6. The minimum Gasteiger partial charge on any atom is -1.00 e. The van der Waals surface area contributed by atoms with Crippen LogP contribution in [0.25, 0.3) is 0 Å². The number of anilines is 1. The molecule has 2 aromatic heterocycles. The van der Waals surface area contributed by atoms with Gasteiger partial charge in [-0.15, -0.1) is 0 Å². The minimum absolute atomic E-state index is 0. The molecule has 1 aromatic carbocycles. The van der Waals surface area contributed by atoms with Gasteiger partial charge < -0.3 is 40.8 Å². The molecule has 3 aromatic rings. The number of halogens is 1. The molecule has 1 aliphatic rings. The van der Waals surface area contributed by atoms with Crippen molar-refractivity contribution in [2.24, 2.45) is 5.92 Å². The van der Waals surface area contributed by atoms with E-state index in [9.17, 15) is 9.90 Å². The van der Waals surface area contributed by atoms with E-state index in [0.717, 1.165) is 31.2 Å². The third-order valence-corrected chi connectivity index (χ3v) is 6.15. The number of rotatable bonds is 8. The normalized spacial score (nSPS) is 16.6. The van der Waals surface area contributed by atoms with E-state index in [0.29, 0.717) is 28.5 Å². The molecule has 1 amide bonds. The molecule has 8 nitrogen and oxygen atoms in total. The van der Waals surface area contributed by atoms with Crippen molar-refractivity contribution in [3.05, 3.63) is 66.1 Å². The zero-order valence-electron chi connectivity index (χ0n) is 19.0. The van der Waals surface area contributed by atoms with Crippen molar-refractivity contribution < 1.29 is 40.3 Å². The van der Waals surface area contributed by atoms with E-state index in [2.05, 4.69) is 15.5 Å². The molecule has 1 fully saturated rings. The number of nitrogens with zero attached hydrogens (tertiary/aromatic N) is 3. The van der Waals surface area contributed by atoms with Gasteiger partial charge in [-0.1, -0.05) is 54.8 Å². The van der Waals surface area contributed by atoms with Gasteiger partial charge in [-0.05, 0) is 18.4 Å². The number of hydrogen-bond donors (Lipinski definition) is 2. The lowest BCUT2D eigenvalue weighted by Gasteiger charge is -2.36. The Morgan fingerprint density at radius 3 is 2.58 bits per heavy atom. The minimum atomic E-state index is -1.26. The summed E-state index contributed by atoms with van der Waals surface area (Å²) in [6, 6.07) is 11.3. The van der Waals surface area contributed by atoms with Gasteiger partial charge in [0.05, 0.1) is 20.3 Å². The van der Waals surface area contributed by atoms with Gasteiger partial charge in [0.1, 0.15) is 12.8 Å². The summed E-state index contributed by atoms with van der Waals surface area (Å²) in [4.78, 5) is 16.9. The average Bonchev–Trinajstić information content (AvgIpc) is 3.46. The van der Waals surface area contributed by atoms with Gasteiger partial charge in [0, 0.05) is 12.0 Å². The van der Waals surface area contributed by atoms with E-state index in [1.807, 2.05) is 44.4 Å². The maximum Gasteiger partial charge on any atom is 0.280 e. The summed E-state index contributed by atoms with van der Waals surface area (Å²) in [5.41, 5.74) is -0.456. The van der Waals surface area contributed by atoms with Crippen LogP contribution in [-0.2, 0) is 16.9 Å². The first-order chi connectivity index (χ1) is 15.4. The first kappa shape index (κ1) is 25.1. The van der Waals surface area contributed by atoms with Crippen LogP contribution in [0.3, 0.4) is 0 Å². The van der Waals surface area contributed by atoms with E-state index in [1.54, 1.807) is 12.3 Å². The molecule has 33 heavy (non-hydrogen) atoms. The molecule has 1 atom stereocenters. The van der Waals surface area contributed by atoms with Crippen molar-refractivity contribution in [3.63, 3.8) is 0 Å². The van der Waals surface area contributed by atoms with E-state index in [-0.39, 0.29) is 35.4 Å². The molecule has 4 rings (SSSR count). The van der Waals surface area contributed by atoms with Crippen LogP contribution in [0.5, 0.6) is 0 Å². The van der Waals surface area contributed by atoms with Crippen molar-refractivity contribution in [2.75, 3.05) is 26.0 Å². The highest BCUT2D eigenvalue weighted by atomic mass is 79.9. The Kier molecular flexibility index (Phi) is 8.10. The van der Waals surface area contributed by atoms with E-state index in [4.69, 9.17) is 8.94 Å². The molecule has 0 spiro atoms. The number of likely N-dealkylation sites (N-methyl/N-ethyl adjacent to an activating group) is 1. The van der Waals surface area contributed by atoms with Gasteiger partial charge in [0.25, 0.3) is 5.91 Å². The second-order valence-corrected chi connectivity index (χ2v) is 9.28. The monoisotopic (exact) mass is 518 g/mol. The van der Waals surface area contributed by atoms with Crippen LogP contribution in [0.2, 0.25) is 0 Å². The number of aromatic nitrogens is 2. The van der Waals surface area contributed by atoms with E-state index >= 15 is 0 Å². The van der Waals surface area contributed by atoms with Crippen molar-refractivity contribution in [3.8, 4) is 0 Å². The maximum atomic E-state index is 12.4. The highest BCUT2D eigenvalue weighted by Crippen LogP contribution is 2.43. The molecule has 2 N–H and O–H groups in total. The number of aliphatic hydroxyl groups is 1. The second-order valence-electron chi connectivity index (χ2n) is 9.28. The number of oxazole rings is 1. The van der Waals surface area contributed by atoms with Crippen LogP contribution in [-0.4, -0.2) is 46.3 Å². The summed E-state index contributed by atoms with van der Waals surface area (Å²) in [5.74, 6) is 1.23. The summed E-state index contributed by atoms with van der Waals surface area (Å²) >= 11 is 0. The number of nitrogens with one attached hydrogen (secondary N) is 1. The molecule has 0 radical (unpaired) electrons. The van der Waals surface area contributed by atoms with E-state index < -0.39 is 5.60 Å². The summed E-state index contributed by atoms with van der Waals surface area (Å²) in [6.45, 7) is 0.670. The fourth-order valence-electron chi connectivity index (χ4n) is 4.63. The lowest BCUT2D eigenvalue weighted by molar-refractivity contribution is -0.896. The molecule has 1 saturated carbocycles. The molecule has 0 saturated heterocycles. The Morgan fingerprint density at radius 2 is 1.91 bits per heavy atom. The van der Waals surface area contributed by atoms with Gasteiger partial charge in [0.2, 0.25) is 5.89 Å². The standard InChI is InChI=1S/C24H30N4O4.BrH/c1-28(2,17-22(29)26-21-13-14-31-27-21)16-20-15-25-23(32-20)24(30,18-9-5-3-6-10-18)19-11-7-4-8-12-19;/h3,5-6,9-10,13-15,19,30H,4,7-8,11-12,16-17H2,1-2H3;1H/t24-;/m0./s1. The van der Waals surface area contributed by atoms with Gasteiger partial charge in [0.15, 0.2) is 23.7 Å². The zero-order chi connectivity index (χ0) is 22.6. The number of carbonyl (C=O) groups excluding carboxylic acids is 1. The molecular weight excluding hydrogens is 488 g/mol. The Hall–Kier alpha value is -2.49. The topological polar surface area (TPSA) is 101 Å². The van der Waals surface area contributed by atoms with Crippen LogP contribution < -0.4 is 22.3 Å². The van der Waals surface area contributed by atoms with Crippen LogP contribution >= 0.6 is 0 Å². The van der Waals surface area contributed by atoms with Crippen LogP contribution in [0, 0.1) is 5.92 Å². The Balaban J connectivity index is 0.00000306. The fourth-order valence-corrected chi connectivity index (χ4v) is 4.63. The average molecular weight is 519 g/mol. The third kappa shape index (κ3) is 5.90. The summed E-state index contributed by atoms with van der Waals surface area (Å²) in [7, 11) is 3.88. The summed E-state index contributed by atoms with van der Waals surface area (Å²) in [5, 5.41) is 18.4. The smallest absolute Gasteiger partial charge is 0.280 e. The Labute approximate surface area is 204 Å². The number of amides is 1.